The van der Waals surface area contributed by atoms with E-state index in [1.54, 1.807) is 11.3 Å². The molecule has 0 bridgehead atoms. The summed E-state index contributed by atoms with van der Waals surface area (Å²) < 4.78 is 1.12. The highest BCUT2D eigenvalue weighted by Crippen LogP contribution is 2.25. The fourth-order valence-electron chi connectivity index (χ4n) is 1.48. The molecule has 1 aliphatic heterocycles. The van der Waals surface area contributed by atoms with Gasteiger partial charge in [0.1, 0.15) is 0 Å². The van der Waals surface area contributed by atoms with Gasteiger partial charge in [-0.2, -0.15) is 0 Å². The van der Waals surface area contributed by atoms with Gasteiger partial charge in [0.15, 0.2) is 0 Å². The largest absolute Gasteiger partial charge is 0.338 e. The Balaban J connectivity index is 2.06. The molecular formula is C9H10BrNOS. The van der Waals surface area contributed by atoms with Gasteiger partial charge in [0.25, 0.3) is 0 Å². The predicted octanol–water partition coefficient (Wildman–Crippen LogP) is 2.63. The number of nitrogens with zero attached hydrogens (tertiary/aromatic N) is 1. The van der Waals surface area contributed by atoms with Gasteiger partial charge in [-0.15, -0.1) is 11.3 Å². The first-order valence-electron chi connectivity index (χ1n) is 4.27. The van der Waals surface area contributed by atoms with Crippen LogP contribution in [0.25, 0.3) is 0 Å². The van der Waals surface area contributed by atoms with Crippen molar-refractivity contribution in [2.45, 2.75) is 19.4 Å². The van der Waals surface area contributed by atoms with Gasteiger partial charge in [0, 0.05) is 22.3 Å². The number of rotatable bonds is 2. The molecule has 13 heavy (non-hydrogen) atoms. The van der Waals surface area contributed by atoms with E-state index in [1.165, 1.54) is 4.88 Å². The van der Waals surface area contributed by atoms with Crippen molar-refractivity contribution in [3.05, 3.63) is 20.8 Å². The molecule has 1 amide bonds. The first-order chi connectivity index (χ1) is 6.27. The molecule has 0 unspecified atom stereocenters. The fourth-order valence-corrected chi connectivity index (χ4v) is 2.97. The number of thiophene rings is 1. The normalized spacial score (nSPS) is 17.0. The molecule has 1 saturated heterocycles. The minimum atomic E-state index is 0.292. The van der Waals surface area contributed by atoms with Gasteiger partial charge in [-0.25, -0.2) is 0 Å². The molecule has 0 spiro atoms. The van der Waals surface area contributed by atoms with E-state index in [0.717, 1.165) is 30.4 Å². The van der Waals surface area contributed by atoms with Crippen molar-refractivity contribution in [3.63, 3.8) is 0 Å². The van der Waals surface area contributed by atoms with Gasteiger partial charge >= 0.3 is 0 Å². The number of carbonyl (C=O) groups is 1. The number of hydrogen-bond acceptors (Lipinski definition) is 2. The van der Waals surface area contributed by atoms with Crippen LogP contribution in [0, 0.1) is 0 Å². The lowest BCUT2D eigenvalue weighted by molar-refractivity contribution is -0.128. The zero-order valence-corrected chi connectivity index (χ0v) is 9.53. The Morgan fingerprint density at radius 3 is 3.00 bits per heavy atom. The number of amides is 1. The van der Waals surface area contributed by atoms with Crippen LogP contribution in [0.1, 0.15) is 17.7 Å². The maximum Gasteiger partial charge on any atom is 0.222 e. The molecule has 0 N–H and O–H groups in total. The fraction of sp³-hybridized carbons (Fsp3) is 0.444. The van der Waals surface area contributed by atoms with E-state index in [1.807, 2.05) is 16.3 Å². The van der Waals surface area contributed by atoms with Crippen LogP contribution in [0.4, 0.5) is 0 Å². The average Bonchev–Trinajstić information content (AvgIpc) is 2.65. The third-order valence-corrected chi connectivity index (χ3v) is 4.11. The van der Waals surface area contributed by atoms with Gasteiger partial charge in [0.05, 0.1) is 6.54 Å². The van der Waals surface area contributed by atoms with Crippen molar-refractivity contribution in [2.75, 3.05) is 6.54 Å². The van der Waals surface area contributed by atoms with E-state index in [2.05, 4.69) is 15.9 Å². The molecule has 1 aromatic heterocycles. The topological polar surface area (TPSA) is 20.3 Å². The zero-order chi connectivity index (χ0) is 9.26. The van der Waals surface area contributed by atoms with Crippen LogP contribution < -0.4 is 0 Å². The zero-order valence-electron chi connectivity index (χ0n) is 7.12. The molecule has 1 aliphatic rings. The minimum absolute atomic E-state index is 0.292. The summed E-state index contributed by atoms with van der Waals surface area (Å²) >= 11 is 5.16. The Bertz CT molecular complexity index is 323. The standard InChI is InChI=1S/C9H10BrNOS/c10-7-3-5-13-8(7)6-11-4-1-2-9(11)12/h3,5H,1-2,4,6H2. The van der Waals surface area contributed by atoms with Gasteiger partial charge in [-0.3, -0.25) is 4.79 Å². The van der Waals surface area contributed by atoms with Crippen LogP contribution in [-0.2, 0) is 11.3 Å². The molecule has 70 valence electrons. The Hall–Kier alpha value is -0.350. The monoisotopic (exact) mass is 259 g/mol. The number of carbonyl (C=O) groups excluding carboxylic acids is 1. The molecule has 2 rings (SSSR count). The second-order valence-corrected chi connectivity index (χ2v) is 4.97. The van der Waals surface area contributed by atoms with Gasteiger partial charge in [-0.05, 0) is 33.8 Å². The van der Waals surface area contributed by atoms with Crippen molar-refractivity contribution < 1.29 is 4.79 Å². The highest BCUT2D eigenvalue weighted by Gasteiger charge is 2.20. The summed E-state index contributed by atoms with van der Waals surface area (Å²) in [6.07, 6.45) is 1.74. The molecule has 0 aromatic carbocycles. The third kappa shape index (κ3) is 1.94. The second kappa shape index (κ2) is 3.80. The van der Waals surface area contributed by atoms with Crippen LogP contribution in [0.15, 0.2) is 15.9 Å². The molecule has 1 fully saturated rings. The van der Waals surface area contributed by atoms with Crippen molar-refractivity contribution in [3.8, 4) is 0 Å². The Labute approximate surface area is 89.7 Å². The summed E-state index contributed by atoms with van der Waals surface area (Å²) in [4.78, 5) is 14.5. The predicted molar refractivity (Wildman–Crippen MR) is 56.7 cm³/mol. The summed E-state index contributed by atoms with van der Waals surface area (Å²) in [6.45, 7) is 1.69. The molecule has 0 saturated carbocycles. The summed E-state index contributed by atoms with van der Waals surface area (Å²) in [5, 5.41) is 2.04. The first kappa shape index (κ1) is 9.21. The number of halogens is 1. The molecule has 4 heteroatoms. The first-order valence-corrected chi connectivity index (χ1v) is 5.94. The van der Waals surface area contributed by atoms with E-state index in [0.29, 0.717) is 5.91 Å². The van der Waals surface area contributed by atoms with Crippen LogP contribution in [0.2, 0.25) is 0 Å². The van der Waals surface area contributed by atoms with E-state index >= 15 is 0 Å². The third-order valence-electron chi connectivity index (χ3n) is 2.20. The van der Waals surface area contributed by atoms with E-state index in [-0.39, 0.29) is 0 Å². The quantitative estimate of drug-likeness (QED) is 0.800. The van der Waals surface area contributed by atoms with Gasteiger partial charge in [-0.1, -0.05) is 0 Å². The highest BCUT2D eigenvalue weighted by molar-refractivity contribution is 9.10. The smallest absolute Gasteiger partial charge is 0.222 e. The summed E-state index contributed by atoms with van der Waals surface area (Å²) in [5.74, 6) is 0.292. The lowest BCUT2D eigenvalue weighted by Gasteiger charge is -2.14. The van der Waals surface area contributed by atoms with E-state index in [9.17, 15) is 4.79 Å². The van der Waals surface area contributed by atoms with Crippen molar-refractivity contribution in [2.24, 2.45) is 0 Å². The number of likely N-dealkylation sites (tertiary alicyclic amines) is 1. The van der Waals surface area contributed by atoms with Crippen LogP contribution in [0.3, 0.4) is 0 Å². The Morgan fingerprint density at radius 1 is 1.62 bits per heavy atom. The van der Waals surface area contributed by atoms with Crippen molar-refractivity contribution in [1.29, 1.82) is 0 Å². The van der Waals surface area contributed by atoms with E-state index < -0.39 is 0 Å². The van der Waals surface area contributed by atoms with Crippen molar-refractivity contribution in [1.82, 2.24) is 4.90 Å². The SMILES string of the molecule is O=C1CCCN1Cc1sccc1Br. The van der Waals surface area contributed by atoms with Crippen LogP contribution in [0.5, 0.6) is 0 Å². The molecule has 1 aromatic rings. The highest BCUT2D eigenvalue weighted by atomic mass is 79.9. The van der Waals surface area contributed by atoms with Crippen LogP contribution >= 0.6 is 27.3 Å². The number of hydrogen-bond donors (Lipinski definition) is 0. The lowest BCUT2D eigenvalue weighted by atomic mass is 10.4. The molecule has 0 radical (unpaired) electrons. The van der Waals surface area contributed by atoms with Gasteiger partial charge < -0.3 is 4.90 Å². The summed E-state index contributed by atoms with van der Waals surface area (Å²) in [5.41, 5.74) is 0. The van der Waals surface area contributed by atoms with Gasteiger partial charge in [0.2, 0.25) is 5.91 Å². The van der Waals surface area contributed by atoms with E-state index in [4.69, 9.17) is 0 Å². The minimum Gasteiger partial charge on any atom is -0.338 e. The summed E-state index contributed by atoms with van der Waals surface area (Å²) in [7, 11) is 0. The maximum atomic E-state index is 11.3. The second-order valence-electron chi connectivity index (χ2n) is 3.11. The Morgan fingerprint density at radius 2 is 2.46 bits per heavy atom. The molecule has 2 nitrogen and oxygen atoms in total. The van der Waals surface area contributed by atoms with Crippen molar-refractivity contribution >= 4 is 33.2 Å². The molecule has 2 heterocycles. The maximum absolute atomic E-state index is 11.3. The lowest BCUT2D eigenvalue weighted by Crippen LogP contribution is -2.23. The average molecular weight is 260 g/mol. The molecule has 0 aliphatic carbocycles. The summed E-state index contributed by atoms with van der Waals surface area (Å²) in [6, 6.07) is 2.03. The Kier molecular flexibility index (Phi) is 2.69. The molecule has 0 atom stereocenters. The van der Waals surface area contributed by atoms with Crippen LogP contribution in [-0.4, -0.2) is 17.4 Å². The molecular weight excluding hydrogens is 250 g/mol.